The molecule has 0 saturated carbocycles. The molecule has 1 aromatic heterocycles. The number of para-hydroxylation sites is 1. The first-order valence-electron chi connectivity index (χ1n) is 13.1. The number of nitrogens with one attached hydrogen (secondary N) is 4. The average Bonchev–Trinajstić information content (AvgIpc) is 3.59. The molecule has 216 valence electrons. The van der Waals surface area contributed by atoms with E-state index in [-0.39, 0.29) is 25.3 Å². The third-order valence-corrected chi connectivity index (χ3v) is 7.13. The second kappa shape index (κ2) is 13.1. The second-order valence-corrected chi connectivity index (χ2v) is 10.5. The molecule has 0 aliphatic carbocycles. The molecule has 14 heteroatoms. The minimum absolute atomic E-state index is 0.0278. The Labute approximate surface area is 231 Å². The molecule has 1 aromatic carbocycles. The molecule has 1 aliphatic heterocycles. The fourth-order valence-electron chi connectivity index (χ4n) is 4.37. The van der Waals surface area contributed by atoms with Gasteiger partial charge in [0.15, 0.2) is 5.82 Å². The Bertz CT molecular complexity index is 1230. The smallest absolute Gasteiger partial charge is 0.303 e. The highest BCUT2D eigenvalue weighted by atomic mass is 16.4. The highest BCUT2D eigenvalue weighted by Gasteiger charge is 2.39. The quantitative estimate of drug-likeness (QED) is 0.230. The van der Waals surface area contributed by atoms with Crippen LogP contribution in [0.4, 0.5) is 5.69 Å². The van der Waals surface area contributed by atoms with Crippen LogP contribution in [0.25, 0.3) is 0 Å². The normalized spacial score (nSPS) is 16.0. The van der Waals surface area contributed by atoms with E-state index in [0.29, 0.717) is 24.4 Å². The van der Waals surface area contributed by atoms with Gasteiger partial charge in [0, 0.05) is 23.9 Å². The molecule has 5 N–H and O–H groups in total. The second-order valence-electron chi connectivity index (χ2n) is 10.5. The van der Waals surface area contributed by atoms with E-state index in [9.17, 15) is 24.0 Å². The van der Waals surface area contributed by atoms with Crippen LogP contribution in [0.1, 0.15) is 58.3 Å². The summed E-state index contributed by atoms with van der Waals surface area (Å²) in [6.45, 7) is 6.55. The van der Waals surface area contributed by atoms with Crippen molar-refractivity contribution in [2.24, 2.45) is 11.3 Å². The van der Waals surface area contributed by atoms with Gasteiger partial charge in [-0.05, 0) is 24.0 Å². The molecule has 2 heterocycles. The summed E-state index contributed by atoms with van der Waals surface area (Å²) in [5, 5.41) is 30.4. The molecule has 1 aliphatic rings. The van der Waals surface area contributed by atoms with Gasteiger partial charge in [-0.1, -0.05) is 57.5 Å². The summed E-state index contributed by atoms with van der Waals surface area (Å²) >= 11 is 0. The zero-order chi connectivity index (χ0) is 29.4. The van der Waals surface area contributed by atoms with Crippen molar-refractivity contribution < 1.29 is 29.1 Å². The molecule has 0 spiro atoms. The third kappa shape index (κ3) is 7.39. The van der Waals surface area contributed by atoms with Crippen molar-refractivity contribution >= 4 is 35.3 Å². The molecule has 3 rings (SSSR count). The number of hydrogen-bond donors (Lipinski definition) is 5. The SMILES string of the molecule is CCC(C)C(NC(=O)C(C)(C)CCC(=O)O)C(=O)NCC(=O)N1c2ccccc2C[C@H]1C(=O)NCc1nn[nH]n1. The van der Waals surface area contributed by atoms with Crippen LogP contribution >= 0.6 is 0 Å². The fourth-order valence-corrected chi connectivity index (χ4v) is 4.37. The lowest BCUT2D eigenvalue weighted by Crippen LogP contribution is -2.55. The van der Waals surface area contributed by atoms with Crippen molar-refractivity contribution in [3.8, 4) is 0 Å². The summed E-state index contributed by atoms with van der Waals surface area (Å²) < 4.78 is 0. The van der Waals surface area contributed by atoms with Crippen molar-refractivity contribution in [3.05, 3.63) is 35.7 Å². The summed E-state index contributed by atoms with van der Waals surface area (Å²) in [7, 11) is 0. The van der Waals surface area contributed by atoms with Gasteiger partial charge < -0.3 is 21.1 Å². The topological polar surface area (TPSA) is 199 Å². The molecule has 14 nitrogen and oxygen atoms in total. The number of aromatic nitrogens is 4. The van der Waals surface area contributed by atoms with Crippen LogP contribution < -0.4 is 20.9 Å². The van der Waals surface area contributed by atoms with E-state index in [2.05, 4.69) is 36.6 Å². The summed E-state index contributed by atoms with van der Waals surface area (Å²) in [4.78, 5) is 64.9. The maximum Gasteiger partial charge on any atom is 0.303 e. The number of tetrazole rings is 1. The number of rotatable bonds is 13. The predicted molar refractivity (Wildman–Crippen MR) is 142 cm³/mol. The van der Waals surface area contributed by atoms with Gasteiger partial charge in [0.25, 0.3) is 0 Å². The van der Waals surface area contributed by atoms with Crippen LogP contribution in [-0.4, -0.2) is 74.0 Å². The van der Waals surface area contributed by atoms with Gasteiger partial charge >= 0.3 is 5.97 Å². The van der Waals surface area contributed by atoms with Crippen LogP contribution in [0, 0.1) is 11.3 Å². The number of carbonyl (C=O) groups excluding carboxylic acids is 4. The van der Waals surface area contributed by atoms with Crippen molar-refractivity contribution in [3.63, 3.8) is 0 Å². The molecule has 2 unspecified atom stereocenters. The number of anilines is 1. The molecule has 0 bridgehead atoms. The number of aromatic amines is 1. The zero-order valence-corrected chi connectivity index (χ0v) is 23.1. The summed E-state index contributed by atoms with van der Waals surface area (Å²) in [5.74, 6) is -2.88. The number of benzene rings is 1. The lowest BCUT2D eigenvalue weighted by molar-refractivity contribution is -0.139. The van der Waals surface area contributed by atoms with E-state index in [1.807, 2.05) is 19.1 Å². The van der Waals surface area contributed by atoms with Crippen LogP contribution in [0.15, 0.2) is 24.3 Å². The highest BCUT2D eigenvalue weighted by molar-refractivity contribution is 6.05. The number of carbonyl (C=O) groups is 5. The standard InChI is InChI=1S/C26H36N8O6/c1-5-15(2)22(29-25(40)26(3,4)11-10-21(36)37)24(39)28-14-20(35)34-17-9-7-6-8-16(17)12-18(34)23(38)27-13-19-30-32-33-31-19/h6-9,15,18,22H,5,10-14H2,1-4H3,(H,27,38)(H,28,39)(H,29,40)(H,36,37)(H,30,31,32,33)/t15?,18-,22?/m0/s1. The monoisotopic (exact) mass is 556 g/mol. The van der Waals surface area contributed by atoms with Crippen molar-refractivity contribution in [2.45, 2.75) is 72.0 Å². The van der Waals surface area contributed by atoms with Gasteiger partial charge in [-0.15, -0.1) is 10.2 Å². The van der Waals surface area contributed by atoms with Crippen molar-refractivity contribution in [2.75, 3.05) is 11.4 Å². The summed E-state index contributed by atoms with van der Waals surface area (Å²) in [5.41, 5.74) is 0.380. The van der Waals surface area contributed by atoms with E-state index in [1.54, 1.807) is 32.9 Å². The molecule has 0 fully saturated rings. The number of carboxylic acids is 1. The van der Waals surface area contributed by atoms with E-state index in [1.165, 1.54) is 4.90 Å². The average molecular weight is 557 g/mol. The molecule has 4 amide bonds. The molecular formula is C26H36N8O6. The van der Waals surface area contributed by atoms with Gasteiger partial charge in [0.2, 0.25) is 23.6 Å². The van der Waals surface area contributed by atoms with Crippen molar-refractivity contribution in [1.29, 1.82) is 0 Å². The molecule has 0 saturated heterocycles. The maximum absolute atomic E-state index is 13.4. The van der Waals surface area contributed by atoms with Crippen LogP contribution in [0.3, 0.4) is 0 Å². The molecule has 2 aromatic rings. The Morgan fingerprint density at radius 1 is 1.18 bits per heavy atom. The number of fused-ring (bicyclic) bond motifs is 1. The van der Waals surface area contributed by atoms with E-state index >= 15 is 0 Å². The first-order chi connectivity index (χ1) is 18.9. The van der Waals surface area contributed by atoms with E-state index in [0.717, 1.165) is 5.56 Å². The molecule has 3 atom stereocenters. The Morgan fingerprint density at radius 3 is 2.55 bits per heavy atom. The summed E-state index contributed by atoms with van der Waals surface area (Å²) in [6.07, 6.45) is 0.789. The number of amides is 4. The van der Waals surface area contributed by atoms with Gasteiger partial charge in [0.05, 0.1) is 13.1 Å². The van der Waals surface area contributed by atoms with Crippen LogP contribution in [0.2, 0.25) is 0 Å². The molecule has 0 radical (unpaired) electrons. The van der Waals surface area contributed by atoms with Gasteiger partial charge in [-0.2, -0.15) is 5.21 Å². The number of nitrogens with zero attached hydrogens (tertiary/aromatic N) is 4. The lowest BCUT2D eigenvalue weighted by atomic mass is 9.85. The third-order valence-electron chi connectivity index (χ3n) is 7.13. The van der Waals surface area contributed by atoms with Gasteiger partial charge in [0.1, 0.15) is 12.1 Å². The fraction of sp³-hybridized carbons (Fsp3) is 0.538. The lowest BCUT2D eigenvalue weighted by Gasteiger charge is -2.30. The molecule has 40 heavy (non-hydrogen) atoms. The number of H-pyrrole nitrogens is 1. The Balaban J connectivity index is 1.69. The largest absolute Gasteiger partial charge is 0.481 e. The van der Waals surface area contributed by atoms with Gasteiger partial charge in [-0.3, -0.25) is 28.9 Å². The highest BCUT2D eigenvalue weighted by Crippen LogP contribution is 2.32. The number of carboxylic acid groups (broad SMARTS) is 1. The zero-order valence-electron chi connectivity index (χ0n) is 23.1. The van der Waals surface area contributed by atoms with Gasteiger partial charge in [-0.25, -0.2) is 0 Å². The minimum Gasteiger partial charge on any atom is -0.481 e. The van der Waals surface area contributed by atoms with Crippen molar-refractivity contribution in [1.82, 2.24) is 36.6 Å². The van der Waals surface area contributed by atoms with E-state index < -0.39 is 53.6 Å². The minimum atomic E-state index is -1.01. The maximum atomic E-state index is 13.4. The van der Waals surface area contributed by atoms with Crippen LogP contribution in [-0.2, 0) is 36.9 Å². The van der Waals surface area contributed by atoms with Crippen LogP contribution in [0.5, 0.6) is 0 Å². The Hall–Kier alpha value is -4.36. The van der Waals surface area contributed by atoms with E-state index in [4.69, 9.17) is 5.11 Å². The Morgan fingerprint density at radius 2 is 1.90 bits per heavy atom. The predicted octanol–water partition coefficient (Wildman–Crippen LogP) is 0.312. The Kier molecular flexibility index (Phi) is 9.91. The summed E-state index contributed by atoms with van der Waals surface area (Å²) in [6, 6.07) is 5.38. The first kappa shape index (κ1) is 30.2. The first-order valence-corrected chi connectivity index (χ1v) is 13.1. The molecular weight excluding hydrogens is 520 g/mol. The number of hydrogen-bond acceptors (Lipinski definition) is 8. The number of aliphatic carboxylic acids is 1.